The van der Waals surface area contributed by atoms with E-state index < -0.39 is 0 Å². The van der Waals surface area contributed by atoms with Crippen molar-refractivity contribution in [2.45, 2.75) is 13.0 Å². The summed E-state index contributed by atoms with van der Waals surface area (Å²) in [6.07, 6.45) is 1.45. The van der Waals surface area contributed by atoms with E-state index in [0.717, 1.165) is 0 Å². The van der Waals surface area contributed by atoms with Crippen LogP contribution in [0.1, 0.15) is 18.8 Å². The molecule has 0 aliphatic heterocycles. The lowest BCUT2D eigenvalue weighted by Gasteiger charge is -2.08. The highest BCUT2D eigenvalue weighted by Crippen LogP contribution is 2.18. The molecular weight excluding hydrogens is 235 g/mol. The number of aromatic amines is 2. The van der Waals surface area contributed by atoms with Crippen molar-refractivity contribution in [3.63, 3.8) is 0 Å². The van der Waals surface area contributed by atoms with Crippen molar-refractivity contribution >= 4 is 17.0 Å². The van der Waals surface area contributed by atoms with E-state index in [1.165, 1.54) is 18.5 Å². The number of hydrogen-bond acceptors (Lipinski definition) is 4. The smallest absolute Gasteiger partial charge is 0.201 e. The number of aromatic nitrogens is 5. The molecule has 1 aromatic carbocycles. The SMILES string of the molecule is CC(Nc1nc2ccc(F)cc2[nH]1)c1ncn[nH]1. The van der Waals surface area contributed by atoms with E-state index >= 15 is 0 Å². The minimum Gasteiger partial charge on any atom is -0.346 e. The second kappa shape index (κ2) is 4.10. The normalized spacial score (nSPS) is 12.8. The Labute approximate surface area is 102 Å². The summed E-state index contributed by atoms with van der Waals surface area (Å²) in [6.45, 7) is 1.92. The van der Waals surface area contributed by atoms with Gasteiger partial charge in [-0.05, 0) is 25.1 Å². The minimum absolute atomic E-state index is 0.0714. The maximum absolute atomic E-state index is 13.0. The standard InChI is InChI=1S/C11H11FN6/c1-6(10-13-5-14-18-10)15-11-16-8-3-2-7(12)4-9(8)17-11/h2-6H,1H3,(H,13,14,18)(H2,15,16,17). The van der Waals surface area contributed by atoms with E-state index in [2.05, 4.69) is 30.5 Å². The van der Waals surface area contributed by atoms with E-state index in [1.54, 1.807) is 6.07 Å². The molecule has 6 nitrogen and oxygen atoms in total. The third-order valence-corrected chi connectivity index (χ3v) is 2.64. The van der Waals surface area contributed by atoms with Crippen LogP contribution in [0.2, 0.25) is 0 Å². The lowest BCUT2D eigenvalue weighted by molar-refractivity contribution is 0.629. The number of anilines is 1. The van der Waals surface area contributed by atoms with Gasteiger partial charge < -0.3 is 10.3 Å². The fourth-order valence-corrected chi connectivity index (χ4v) is 1.75. The Kier molecular flexibility index (Phi) is 2.44. The van der Waals surface area contributed by atoms with Gasteiger partial charge in [-0.3, -0.25) is 5.10 Å². The summed E-state index contributed by atoms with van der Waals surface area (Å²) in [6, 6.07) is 4.35. The largest absolute Gasteiger partial charge is 0.346 e. The summed E-state index contributed by atoms with van der Waals surface area (Å²) in [7, 11) is 0. The molecule has 18 heavy (non-hydrogen) atoms. The van der Waals surface area contributed by atoms with Crippen LogP contribution in [-0.2, 0) is 0 Å². The molecule has 0 spiro atoms. The van der Waals surface area contributed by atoms with Gasteiger partial charge in [-0.2, -0.15) is 5.10 Å². The highest BCUT2D eigenvalue weighted by Gasteiger charge is 2.10. The van der Waals surface area contributed by atoms with Crippen LogP contribution >= 0.6 is 0 Å². The molecule has 3 rings (SSSR count). The molecule has 92 valence electrons. The average molecular weight is 246 g/mol. The highest BCUT2D eigenvalue weighted by molar-refractivity contribution is 5.77. The van der Waals surface area contributed by atoms with Gasteiger partial charge in [0.1, 0.15) is 18.0 Å². The van der Waals surface area contributed by atoms with Crippen molar-refractivity contribution in [3.8, 4) is 0 Å². The Morgan fingerprint density at radius 3 is 3.06 bits per heavy atom. The number of nitrogens with one attached hydrogen (secondary N) is 3. The average Bonchev–Trinajstić information content (AvgIpc) is 2.95. The first-order valence-corrected chi connectivity index (χ1v) is 5.49. The molecule has 0 aliphatic rings. The van der Waals surface area contributed by atoms with Gasteiger partial charge >= 0.3 is 0 Å². The molecule has 0 saturated carbocycles. The summed E-state index contributed by atoms with van der Waals surface area (Å²) in [5, 5.41) is 9.69. The zero-order chi connectivity index (χ0) is 12.5. The first-order valence-electron chi connectivity index (χ1n) is 5.49. The van der Waals surface area contributed by atoms with Gasteiger partial charge in [-0.15, -0.1) is 0 Å². The Bertz CT molecular complexity index is 659. The number of rotatable bonds is 3. The number of benzene rings is 1. The Morgan fingerprint density at radius 2 is 2.28 bits per heavy atom. The van der Waals surface area contributed by atoms with Gasteiger partial charge in [0.25, 0.3) is 0 Å². The summed E-state index contributed by atoms with van der Waals surface area (Å²) < 4.78 is 13.0. The summed E-state index contributed by atoms with van der Waals surface area (Å²) in [5.74, 6) is 0.988. The molecule has 7 heteroatoms. The van der Waals surface area contributed by atoms with Crippen LogP contribution in [-0.4, -0.2) is 25.1 Å². The van der Waals surface area contributed by atoms with Crippen LogP contribution in [0.25, 0.3) is 11.0 Å². The summed E-state index contributed by atoms with van der Waals surface area (Å²) >= 11 is 0. The third kappa shape index (κ3) is 1.90. The molecule has 1 unspecified atom stereocenters. The Morgan fingerprint density at radius 1 is 1.39 bits per heavy atom. The molecule has 0 saturated heterocycles. The van der Waals surface area contributed by atoms with Gasteiger partial charge in [-0.1, -0.05) is 0 Å². The van der Waals surface area contributed by atoms with E-state index in [1.807, 2.05) is 6.92 Å². The maximum Gasteiger partial charge on any atom is 0.201 e. The number of hydrogen-bond donors (Lipinski definition) is 3. The van der Waals surface area contributed by atoms with Gasteiger partial charge in [0.2, 0.25) is 5.95 Å². The maximum atomic E-state index is 13.0. The molecular formula is C11H11FN6. The third-order valence-electron chi connectivity index (χ3n) is 2.64. The molecule has 1 atom stereocenters. The zero-order valence-electron chi connectivity index (χ0n) is 9.61. The topological polar surface area (TPSA) is 82.3 Å². The monoisotopic (exact) mass is 246 g/mol. The van der Waals surface area contributed by atoms with E-state index in [0.29, 0.717) is 22.8 Å². The minimum atomic E-state index is -0.291. The molecule has 0 aliphatic carbocycles. The van der Waals surface area contributed by atoms with Crippen molar-refractivity contribution in [3.05, 3.63) is 36.2 Å². The molecule has 3 N–H and O–H groups in total. The number of fused-ring (bicyclic) bond motifs is 1. The number of halogens is 1. The highest BCUT2D eigenvalue weighted by atomic mass is 19.1. The van der Waals surface area contributed by atoms with Crippen LogP contribution < -0.4 is 5.32 Å². The fourth-order valence-electron chi connectivity index (χ4n) is 1.75. The van der Waals surface area contributed by atoms with Crippen molar-refractivity contribution in [1.29, 1.82) is 0 Å². The van der Waals surface area contributed by atoms with Crippen LogP contribution in [0, 0.1) is 5.82 Å². The van der Waals surface area contributed by atoms with Gasteiger partial charge in [-0.25, -0.2) is 14.4 Å². The summed E-state index contributed by atoms with van der Waals surface area (Å²) in [5.41, 5.74) is 1.37. The van der Waals surface area contributed by atoms with Crippen LogP contribution in [0.4, 0.5) is 10.3 Å². The van der Waals surface area contributed by atoms with Crippen LogP contribution in [0.3, 0.4) is 0 Å². The second-order valence-corrected chi connectivity index (χ2v) is 3.98. The zero-order valence-corrected chi connectivity index (χ0v) is 9.61. The van der Waals surface area contributed by atoms with E-state index in [9.17, 15) is 4.39 Å². The molecule has 2 aromatic heterocycles. The molecule has 3 aromatic rings. The number of imidazole rings is 1. The lowest BCUT2D eigenvalue weighted by Crippen LogP contribution is -2.09. The molecule has 2 heterocycles. The molecule has 0 fully saturated rings. The predicted molar refractivity (Wildman–Crippen MR) is 64.5 cm³/mol. The Hall–Kier alpha value is -2.44. The quantitative estimate of drug-likeness (QED) is 0.660. The van der Waals surface area contributed by atoms with Crippen LogP contribution in [0.15, 0.2) is 24.5 Å². The van der Waals surface area contributed by atoms with Crippen molar-refractivity contribution in [2.75, 3.05) is 5.32 Å². The Balaban J connectivity index is 1.86. The van der Waals surface area contributed by atoms with Crippen molar-refractivity contribution < 1.29 is 4.39 Å². The van der Waals surface area contributed by atoms with E-state index in [-0.39, 0.29) is 11.9 Å². The molecule has 0 amide bonds. The van der Waals surface area contributed by atoms with Crippen molar-refractivity contribution in [1.82, 2.24) is 25.1 Å². The second-order valence-electron chi connectivity index (χ2n) is 3.98. The van der Waals surface area contributed by atoms with Crippen molar-refractivity contribution in [2.24, 2.45) is 0 Å². The molecule has 0 bridgehead atoms. The number of nitrogens with zero attached hydrogens (tertiary/aromatic N) is 3. The van der Waals surface area contributed by atoms with Gasteiger partial charge in [0.15, 0.2) is 0 Å². The lowest BCUT2D eigenvalue weighted by atomic mass is 10.3. The molecule has 0 radical (unpaired) electrons. The summed E-state index contributed by atoms with van der Waals surface area (Å²) in [4.78, 5) is 11.4. The first-order chi connectivity index (χ1) is 8.72. The predicted octanol–water partition coefficient (Wildman–Crippen LogP) is 1.99. The van der Waals surface area contributed by atoms with E-state index in [4.69, 9.17) is 0 Å². The van der Waals surface area contributed by atoms with Gasteiger partial charge in [0, 0.05) is 0 Å². The van der Waals surface area contributed by atoms with Gasteiger partial charge in [0.05, 0.1) is 17.1 Å². The number of H-pyrrole nitrogens is 2. The van der Waals surface area contributed by atoms with Crippen LogP contribution in [0.5, 0.6) is 0 Å². The first kappa shape index (κ1) is 10.7. The fraction of sp³-hybridized carbons (Fsp3) is 0.182.